The first-order valence-electron chi connectivity index (χ1n) is 13.8. The predicted octanol–water partition coefficient (Wildman–Crippen LogP) is 7.49. The van der Waals surface area contributed by atoms with Crippen LogP contribution in [0, 0.1) is 0 Å². The molecule has 0 aliphatic carbocycles. The molecule has 1 aromatic heterocycles. The zero-order valence-electron chi connectivity index (χ0n) is 23.6. The predicted molar refractivity (Wildman–Crippen MR) is 177 cm³/mol. The molecular weight excluding hydrogens is 639 g/mol. The number of halogens is 3. The highest BCUT2D eigenvalue weighted by Gasteiger charge is 2.34. The number of thiazole rings is 1. The second-order valence-electron chi connectivity index (χ2n) is 10.1. The summed E-state index contributed by atoms with van der Waals surface area (Å²) in [5, 5.41) is 3.28. The van der Waals surface area contributed by atoms with Crippen LogP contribution in [0.2, 0.25) is 15.1 Å². The smallest absolute Gasteiger partial charge is 0.338 e. The van der Waals surface area contributed by atoms with E-state index >= 15 is 0 Å². The first-order valence-corrected chi connectivity index (χ1v) is 15.7. The van der Waals surface area contributed by atoms with Crippen LogP contribution in [0.5, 0.6) is 5.75 Å². The molecule has 222 valence electrons. The summed E-state index contributed by atoms with van der Waals surface area (Å²) in [6.45, 7) is 3.87. The van der Waals surface area contributed by atoms with Gasteiger partial charge in [0.15, 0.2) is 4.80 Å². The number of benzene rings is 4. The topological polar surface area (TPSA) is 69.9 Å². The molecule has 4 aromatic carbocycles. The van der Waals surface area contributed by atoms with Crippen molar-refractivity contribution in [1.82, 2.24) is 4.57 Å². The zero-order chi connectivity index (χ0) is 31.0. The van der Waals surface area contributed by atoms with Gasteiger partial charge in [-0.3, -0.25) is 9.36 Å². The van der Waals surface area contributed by atoms with Crippen LogP contribution in [0.4, 0.5) is 0 Å². The third-order valence-electron chi connectivity index (χ3n) is 7.29. The van der Waals surface area contributed by atoms with E-state index in [0.29, 0.717) is 47.0 Å². The summed E-state index contributed by atoms with van der Waals surface area (Å²) >= 11 is 20.9. The van der Waals surface area contributed by atoms with Crippen LogP contribution in [0.25, 0.3) is 16.8 Å². The molecule has 0 saturated carbocycles. The standard InChI is InChI=1S/C34H25Cl3N2O4S/c1-3-42-33(41)29-19(2)38-34-39(30(29)25-13-6-7-14-26(25)36)32(40)28(44-34)16-22-15-23(35)17-27(37)31(22)43-18-21-11-8-10-20-9-4-5-12-24(20)21/h4-17,30H,3,18H2,1-2H3/b28-16-/t30-/m0/s1. The number of carbonyl (C=O) groups excluding carboxylic acids is 1. The fraction of sp³-hybridized carbons (Fsp3) is 0.147. The van der Waals surface area contributed by atoms with Crippen molar-refractivity contribution in [2.24, 2.45) is 4.99 Å². The number of rotatable bonds is 7. The quantitative estimate of drug-likeness (QED) is 0.169. The van der Waals surface area contributed by atoms with Gasteiger partial charge in [-0.2, -0.15) is 0 Å². The SMILES string of the molecule is CCOC(=O)C1=C(C)N=c2s/c(=C\c3cc(Cl)cc(Cl)c3OCc3cccc4ccccc34)c(=O)n2[C@H]1c1ccccc1Cl. The molecule has 2 heterocycles. The van der Waals surface area contributed by atoms with E-state index in [1.807, 2.05) is 48.5 Å². The normalized spacial score (nSPS) is 14.8. The maximum Gasteiger partial charge on any atom is 0.338 e. The number of nitrogens with zero attached hydrogens (tertiary/aromatic N) is 2. The molecule has 0 saturated heterocycles. The molecule has 0 unspecified atom stereocenters. The van der Waals surface area contributed by atoms with Gasteiger partial charge in [0.05, 0.1) is 27.4 Å². The molecule has 1 aliphatic heterocycles. The Bertz CT molecular complexity index is 2150. The van der Waals surface area contributed by atoms with Gasteiger partial charge in [-0.25, -0.2) is 9.79 Å². The minimum absolute atomic E-state index is 0.173. The van der Waals surface area contributed by atoms with Gasteiger partial charge in [-0.15, -0.1) is 0 Å². The van der Waals surface area contributed by atoms with E-state index in [4.69, 9.17) is 44.3 Å². The van der Waals surface area contributed by atoms with E-state index in [2.05, 4.69) is 4.99 Å². The van der Waals surface area contributed by atoms with E-state index < -0.39 is 12.0 Å². The van der Waals surface area contributed by atoms with Gasteiger partial charge in [0.1, 0.15) is 18.4 Å². The third kappa shape index (κ3) is 5.69. The van der Waals surface area contributed by atoms with Crippen LogP contribution in [0.15, 0.2) is 99.9 Å². The average Bonchev–Trinajstić information content (AvgIpc) is 3.30. The van der Waals surface area contributed by atoms with Gasteiger partial charge in [-0.1, -0.05) is 107 Å². The Balaban J connectivity index is 1.48. The lowest BCUT2D eigenvalue weighted by Gasteiger charge is -2.25. The Morgan fingerprint density at radius 2 is 1.75 bits per heavy atom. The minimum Gasteiger partial charge on any atom is -0.487 e. The molecule has 1 aliphatic rings. The number of hydrogen-bond donors (Lipinski definition) is 0. The van der Waals surface area contributed by atoms with Gasteiger partial charge < -0.3 is 9.47 Å². The van der Waals surface area contributed by atoms with Crippen LogP contribution in [-0.4, -0.2) is 17.1 Å². The second-order valence-corrected chi connectivity index (χ2v) is 12.3. The molecule has 0 spiro atoms. The van der Waals surface area contributed by atoms with E-state index in [1.54, 1.807) is 50.3 Å². The van der Waals surface area contributed by atoms with Crippen LogP contribution < -0.4 is 19.6 Å². The van der Waals surface area contributed by atoms with Crippen LogP contribution in [0.3, 0.4) is 0 Å². The molecule has 10 heteroatoms. The van der Waals surface area contributed by atoms with Crippen molar-refractivity contribution in [2.45, 2.75) is 26.5 Å². The molecular formula is C34H25Cl3N2O4S. The number of allylic oxidation sites excluding steroid dienone is 1. The number of fused-ring (bicyclic) bond motifs is 2. The molecule has 0 fully saturated rings. The van der Waals surface area contributed by atoms with Crippen molar-refractivity contribution < 1.29 is 14.3 Å². The van der Waals surface area contributed by atoms with E-state index in [9.17, 15) is 9.59 Å². The first-order chi connectivity index (χ1) is 21.3. The molecule has 0 bridgehead atoms. The van der Waals surface area contributed by atoms with Crippen molar-refractivity contribution in [2.75, 3.05) is 6.61 Å². The Labute approximate surface area is 272 Å². The summed E-state index contributed by atoms with van der Waals surface area (Å²) in [7, 11) is 0. The molecule has 6 nitrogen and oxygen atoms in total. The molecule has 44 heavy (non-hydrogen) atoms. The van der Waals surface area contributed by atoms with E-state index in [-0.39, 0.29) is 24.3 Å². The van der Waals surface area contributed by atoms with Crippen LogP contribution >= 0.6 is 46.1 Å². The van der Waals surface area contributed by atoms with E-state index in [0.717, 1.165) is 16.3 Å². The maximum atomic E-state index is 14.1. The number of hydrogen-bond acceptors (Lipinski definition) is 6. The molecule has 0 amide bonds. The molecule has 6 rings (SSSR count). The first kappa shape index (κ1) is 30.2. The van der Waals surface area contributed by atoms with Gasteiger partial charge in [-0.05, 0) is 60.0 Å². The van der Waals surface area contributed by atoms with Crippen molar-refractivity contribution in [3.05, 3.63) is 142 Å². The number of esters is 1. The highest BCUT2D eigenvalue weighted by Crippen LogP contribution is 2.36. The van der Waals surface area contributed by atoms with Crippen LogP contribution in [-0.2, 0) is 16.1 Å². The lowest BCUT2D eigenvalue weighted by atomic mass is 9.96. The fourth-order valence-electron chi connectivity index (χ4n) is 5.33. The Morgan fingerprint density at radius 1 is 1.00 bits per heavy atom. The lowest BCUT2D eigenvalue weighted by molar-refractivity contribution is -0.139. The van der Waals surface area contributed by atoms with Crippen molar-refractivity contribution in [3.63, 3.8) is 0 Å². The fourth-order valence-corrected chi connectivity index (χ4v) is 7.17. The largest absolute Gasteiger partial charge is 0.487 e. The average molecular weight is 664 g/mol. The Morgan fingerprint density at radius 3 is 2.55 bits per heavy atom. The highest BCUT2D eigenvalue weighted by atomic mass is 35.5. The summed E-state index contributed by atoms with van der Waals surface area (Å²) < 4.78 is 13.5. The number of carbonyl (C=O) groups is 1. The maximum absolute atomic E-state index is 14.1. The van der Waals surface area contributed by atoms with Gasteiger partial charge >= 0.3 is 5.97 Å². The van der Waals surface area contributed by atoms with Crippen molar-refractivity contribution in [1.29, 1.82) is 0 Å². The van der Waals surface area contributed by atoms with Gasteiger partial charge in [0.2, 0.25) is 0 Å². The van der Waals surface area contributed by atoms with E-state index in [1.165, 1.54) is 15.9 Å². The third-order valence-corrected chi connectivity index (χ3v) is 9.12. The van der Waals surface area contributed by atoms with Crippen molar-refractivity contribution >= 4 is 69.0 Å². The summed E-state index contributed by atoms with van der Waals surface area (Å²) in [5.74, 6) is -0.167. The summed E-state index contributed by atoms with van der Waals surface area (Å²) in [4.78, 5) is 32.3. The minimum atomic E-state index is -0.828. The Kier molecular flexibility index (Phi) is 8.65. The van der Waals surface area contributed by atoms with Gasteiger partial charge in [0, 0.05) is 15.6 Å². The van der Waals surface area contributed by atoms with Crippen LogP contribution in [0.1, 0.15) is 36.6 Å². The second kappa shape index (κ2) is 12.6. The molecule has 0 radical (unpaired) electrons. The summed E-state index contributed by atoms with van der Waals surface area (Å²) in [6, 6.07) is 23.7. The molecule has 5 aromatic rings. The summed E-state index contributed by atoms with van der Waals surface area (Å²) in [6.07, 6.45) is 1.69. The lowest BCUT2D eigenvalue weighted by Crippen LogP contribution is -2.40. The number of ether oxygens (including phenoxy) is 2. The monoisotopic (exact) mass is 662 g/mol. The molecule has 1 atom stereocenters. The van der Waals surface area contributed by atoms with Crippen molar-refractivity contribution in [3.8, 4) is 5.75 Å². The zero-order valence-corrected chi connectivity index (χ0v) is 26.7. The molecule has 0 N–H and O–H groups in total. The number of aromatic nitrogens is 1. The Hall–Kier alpha value is -3.88. The summed E-state index contributed by atoms with van der Waals surface area (Å²) in [5.41, 5.74) is 2.45. The highest BCUT2D eigenvalue weighted by molar-refractivity contribution is 7.07. The van der Waals surface area contributed by atoms with Gasteiger partial charge in [0.25, 0.3) is 5.56 Å².